The van der Waals surface area contributed by atoms with Crippen LogP contribution in [0.25, 0.3) is 0 Å². The Labute approximate surface area is 163 Å². The van der Waals surface area contributed by atoms with Crippen LogP contribution < -0.4 is 9.64 Å². The molecular formula is C20H24N2O4S. The van der Waals surface area contributed by atoms with Crippen molar-refractivity contribution in [2.24, 2.45) is 0 Å². The van der Waals surface area contributed by atoms with Crippen molar-refractivity contribution < 1.29 is 19.7 Å². The molecule has 0 unspecified atom stereocenters. The Morgan fingerprint density at radius 3 is 2.63 bits per heavy atom. The highest BCUT2D eigenvalue weighted by molar-refractivity contribution is 7.99. The summed E-state index contributed by atoms with van der Waals surface area (Å²) in [5, 5.41) is 20.4. The Kier molecular flexibility index (Phi) is 5.94. The minimum Gasteiger partial charge on any atom is -0.504 e. The van der Waals surface area contributed by atoms with Crippen LogP contribution in [0, 0.1) is 0 Å². The monoisotopic (exact) mass is 388 g/mol. The van der Waals surface area contributed by atoms with Crippen LogP contribution in [0.5, 0.6) is 11.5 Å². The summed E-state index contributed by atoms with van der Waals surface area (Å²) >= 11 is 1.42. The van der Waals surface area contributed by atoms with Crippen LogP contribution in [0.4, 0.5) is 5.69 Å². The molecule has 7 heteroatoms. The maximum atomic E-state index is 13.1. The van der Waals surface area contributed by atoms with Crippen molar-refractivity contribution in [1.29, 1.82) is 0 Å². The second-order valence-electron chi connectivity index (χ2n) is 6.68. The third kappa shape index (κ3) is 4.05. The Bertz CT molecular complexity index is 827. The number of aromatic hydroxyl groups is 1. The van der Waals surface area contributed by atoms with Crippen LogP contribution in [0.3, 0.4) is 0 Å². The van der Waals surface area contributed by atoms with Crippen LogP contribution in [-0.2, 0) is 4.79 Å². The molecule has 0 spiro atoms. The van der Waals surface area contributed by atoms with Gasteiger partial charge in [-0.15, -0.1) is 11.8 Å². The topological polar surface area (TPSA) is 73.2 Å². The maximum Gasteiger partial charge on any atom is 0.257 e. The number of rotatable bonds is 5. The molecule has 2 aromatic carbocycles. The Morgan fingerprint density at radius 1 is 1.22 bits per heavy atom. The van der Waals surface area contributed by atoms with E-state index in [4.69, 9.17) is 4.74 Å². The molecule has 0 fully saturated rings. The number of aliphatic hydroxyl groups excluding tert-OH is 1. The Balaban J connectivity index is 2.00. The molecule has 1 aliphatic rings. The number of amides is 1. The number of methoxy groups -OCH3 is 1. The standard InChI is InChI=1S/C20H24N2O4S/c1-21(2)10-11-22-14-6-4-5-7-17(14)27-19(18(24)20(22)25)13-8-9-16(26-3)15(23)12-13/h4-9,12,18-19,23-24H,10-11H2,1-3H3/t18-,19+/m1/s1. The van der Waals surface area contributed by atoms with Gasteiger partial charge in [0.25, 0.3) is 5.91 Å². The zero-order valence-electron chi connectivity index (χ0n) is 15.6. The number of hydrogen-bond donors (Lipinski definition) is 2. The Morgan fingerprint density at radius 2 is 1.96 bits per heavy atom. The van der Waals surface area contributed by atoms with Gasteiger partial charge in [0, 0.05) is 18.0 Å². The number of anilines is 1. The second kappa shape index (κ2) is 8.21. The minimum absolute atomic E-state index is 0.0164. The van der Waals surface area contributed by atoms with Gasteiger partial charge in [-0.1, -0.05) is 18.2 Å². The van der Waals surface area contributed by atoms with Gasteiger partial charge in [-0.25, -0.2) is 0 Å². The van der Waals surface area contributed by atoms with Gasteiger partial charge in [0.15, 0.2) is 11.5 Å². The lowest BCUT2D eigenvalue weighted by Gasteiger charge is -2.26. The number of carbonyl (C=O) groups excluding carboxylic acids is 1. The van der Waals surface area contributed by atoms with Crippen molar-refractivity contribution in [3.05, 3.63) is 48.0 Å². The summed E-state index contributed by atoms with van der Waals surface area (Å²) < 4.78 is 5.09. The SMILES string of the molecule is COc1ccc([C@@H]2Sc3ccccc3N(CCN(C)C)C(=O)[C@@H]2O)cc1O. The summed E-state index contributed by atoms with van der Waals surface area (Å²) in [6.45, 7) is 1.17. The van der Waals surface area contributed by atoms with Gasteiger partial charge in [-0.05, 0) is 43.9 Å². The lowest BCUT2D eigenvalue weighted by atomic mass is 10.1. The average Bonchev–Trinajstić information content (AvgIpc) is 2.75. The number of likely N-dealkylation sites (N-methyl/N-ethyl adjacent to an activating group) is 1. The van der Waals surface area contributed by atoms with Crippen molar-refractivity contribution in [3.63, 3.8) is 0 Å². The Hall–Kier alpha value is -2.22. The zero-order chi connectivity index (χ0) is 19.6. The largest absolute Gasteiger partial charge is 0.504 e. The van der Waals surface area contributed by atoms with Crippen molar-refractivity contribution in [2.45, 2.75) is 16.2 Å². The van der Waals surface area contributed by atoms with Gasteiger partial charge in [0.05, 0.1) is 18.0 Å². The van der Waals surface area contributed by atoms with E-state index in [9.17, 15) is 15.0 Å². The average molecular weight is 388 g/mol. The number of hydrogen-bond acceptors (Lipinski definition) is 6. The molecule has 6 nitrogen and oxygen atoms in total. The summed E-state index contributed by atoms with van der Waals surface area (Å²) in [5.74, 6) is -0.00180. The van der Waals surface area contributed by atoms with Crippen LogP contribution in [-0.4, -0.2) is 61.4 Å². The summed E-state index contributed by atoms with van der Waals surface area (Å²) in [5.41, 5.74) is 1.47. The first-order valence-corrected chi connectivity index (χ1v) is 9.57. The summed E-state index contributed by atoms with van der Waals surface area (Å²) in [4.78, 5) is 17.6. The van der Waals surface area contributed by atoms with E-state index in [0.29, 0.717) is 24.4 Å². The van der Waals surface area contributed by atoms with Gasteiger partial charge in [-0.2, -0.15) is 0 Å². The van der Waals surface area contributed by atoms with E-state index in [1.165, 1.54) is 18.9 Å². The van der Waals surface area contributed by atoms with Crippen LogP contribution in [0.15, 0.2) is 47.4 Å². The lowest BCUT2D eigenvalue weighted by Crippen LogP contribution is -2.43. The molecule has 0 saturated carbocycles. The molecule has 144 valence electrons. The molecule has 2 N–H and O–H groups in total. The molecule has 1 heterocycles. The number of carbonyl (C=O) groups is 1. The van der Waals surface area contributed by atoms with E-state index in [-0.39, 0.29) is 11.7 Å². The molecule has 0 radical (unpaired) electrons. The zero-order valence-corrected chi connectivity index (χ0v) is 16.4. The molecule has 1 aliphatic heterocycles. The minimum atomic E-state index is -1.22. The highest BCUT2D eigenvalue weighted by atomic mass is 32.2. The number of fused-ring (bicyclic) bond motifs is 1. The van der Waals surface area contributed by atoms with Gasteiger partial charge < -0.3 is 24.7 Å². The van der Waals surface area contributed by atoms with Crippen molar-refractivity contribution in [1.82, 2.24) is 4.90 Å². The number of thioether (sulfide) groups is 1. The fourth-order valence-corrected chi connectivity index (χ4v) is 4.31. The summed E-state index contributed by atoms with van der Waals surface area (Å²) in [6, 6.07) is 12.6. The predicted octanol–water partition coefficient (Wildman–Crippen LogP) is 2.50. The summed E-state index contributed by atoms with van der Waals surface area (Å²) in [7, 11) is 5.37. The van der Waals surface area contributed by atoms with Gasteiger partial charge in [-0.3, -0.25) is 4.79 Å². The fourth-order valence-electron chi connectivity index (χ4n) is 3.05. The molecule has 0 aromatic heterocycles. The van der Waals surface area contributed by atoms with Crippen molar-refractivity contribution in [3.8, 4) is 11.5 Å². The number of ether oxygens (including phenoxy) is 1. The van der Waals surface area contributed by atoms with E-state index in [1.807, 2.05) is 43.3 Å². The molecule has 0 aliphatic carbocycles. The highest BCUT2D eigenvalue weighted by Gasteiger charge is 2.37. The molecule has 1 amide bonds. The van der Waals surface area contributed by atoms with Crippen LogP contribution >= 0.6 is 11.8 Å². The van der Waals surface area contributed by atoms with E-state index in [1.54, 1.807) is 23.1 Å². The van der Waals surface area contributed by atoms with Crippen LogP contribution in [0.2, 0.25) is 0 Å². The van der Waals surface area contributed by atoms with E-state index < -0.39 is 11.4 Å². The first-order valence-electron chi connectivity index (χ1n) is 8.69. The number of nitrogens with zero attached hydrogens (tertiary/aromatic N) is 2. The fraction of sp³-hybridized carbons (Fsp3) is 0.350. The third-order valence-electron chi connectivity index (χ3n) is 4.52. The normalized spacial score (nSPS) is 19.7. The number of phenols is 1. The number of benzene rings is 2. The predicted molar refractivity (Wildman–Crippen MR) is 107 cm³/mol. The van der Waals surface area contributed by atoms with E-state index in [0.717, 1.165) is 10.6 Å². The van der Waals surface area contributed by atoms with Crippen molar-refractivity contribution in [2.75, 3.05) is 39.2 Å². The summed E-state index contributed by atoms with van der Waals surface area (Å²) in [6.07, 6.45) is -1.22. The first-order chi connectivity index (χ1) is 12.9. The smallest absolute Gasteiger partial charge is 0.257 e. The van der Waals surface area contributed by atoms with Gasteiger partial charge in [0.1, 0.15) is 6.10 Å². The lowest BCUT2D eigenvalue weighted by molar-refractivity contribution is -0.126. The van der Waals surface area contributed by atoms with Crippen LogP contribution in [0.1, 0.15) is 10.8 Å². The second-order valence-corrected chi connectivity index (χ2v) is 7.86. The molecule has 27 heavy (non-hydrogen) atoms. The first kappa shape index (κ1) is 19.5. The number of aliphatic hydroxyl groups is 1. The quantitative estimate of drug-likeness (QED) is 0.820. The van der Waals surface area contributed by atoms with Gasteiger partial charge >= 0.3 is 0 Å². The molecule has 2 aromatic rings. The third-order valence-corrected chi connectivity index (χ3v) is 5.90. The van der Waals surface area contributed by atoms with Gasteiger partial charge in [0.2, 0.25) is 0 Å². The number of phenolic OH excluding ortho intramolecular Hbond substituents is 1. The molecule has 0 bridgehead atoms. The highest BCUT2D eigenvalue weighted by Crippen LogP contribution is 2.46. The van der Waals surface area contributed by atoms with E-state index in [2.05, 4.69) is 0 Å². The molecule has 3 rings (SSSR count). The van der Waals surface area contributed by atoms with Crippen molar-refractivity contribution >= 4 is 23.4 Å². The maximum absolute atomic E-state index is 13.1. The molecular weight excluding hydrogens is 364 g/mol. The van der Waals surface area contributed by atoms with E-state index >= 15 is 0 Å². The molecule has 0 saturated heterocycles. The number of para-hydroxylation sites is 1. The molecule has 2 atom stereocenters.